The molecule has 1 aromatic rings. The molecule has 1 aromatic carbocycles. The van der Waals surface area contributed by atoms with E-state index in [2.05, 4.69) is 40.5 Å². The number of nitrogens with zero attached hydrogens (tertiary/aromatic N) is 1. The van der Waals surface area contributed by atoms with Gasteiger partial charge in [0, 0.05) is 44.6 Å². The SMILES string of the molecule is O[C@@H]1C[C@H](CNC2CCC3(CC2)OCCO3)N(Cc2ccccc2)C1. The summed E-state index contributed by atoms with van der Waals surface area (Å²) in [6.07, 6.45) is 4.85. The van der Waals surface area contributed by atoms with Crippen LogP contribution in [0.2, 0.25) is 0 Å². The molecule has 2 saturated heterocycles. The van der Waals surface area contributed by atoms with Gasteiger partial charge in [-0.05, 0) is 24.8 Å². The number of hydrogen-bond donors (Lipinski definition) is 2. The monoisotopic (exact) mass is 346 g/mol. The fourth-order valence-electron chi connectivity index (χ4n) is 4.53. The maximum Gasteiger partial charge on any atom is 0.168 e. The Morgan fingerprint density at radius 2 is 1.84 bits per heavy atom. The Kier molecular flexibility index (Phi) is 5.39. The van der Waals surface area contributed by atoms with E-state index in [1.165, 1.54) is 5.56 Å². The summed E-state index contributed by atoms with van der Waals surface area (Å²) in [5, 5.41) is 13.9. The summed E-state index contributed by atoms with van der Waals surface area (Å²) < 4.78 is 11.6. The molecule has 0 aromatic heterocycles. The molecule has 2 heterocycles. The van der Waals surface area contributed by atoms with Gasteiger partial charge in [-0.25, -0.2) is 0 Å². The molecule has 0 bridgehead atoms. The highest BCUT2D eigenvalue weighted by atomic mass is 16.7. The number of rotatable bonds is 5. The maximum absolute atomic E-state index is 10.1. The molecule has 5 heteroatoms. The van der Waals surface area contributed by atoms with Crippen molar-refractivity contribution in [3.05, 3.63) is 35.9 Å². The van der Waals surface area contributed by atoms with Crippen LogP contribution in [0.3, 0.4) is 0 Å². The van der Waals surface area contributed by atoms with Gasteiger partial charge in [-0.3, -0.25) is 4.90 Å². The van der Waals surface area contributed by atoms with E-state index in [0.717, 1.165) is 65.0 Å². The fraction of sp³-hybridized carbons (Fsp3) is 0.700. The van der Waals surface area contributed by atoms with E-state index in [0.29, 0.717) is 12.1 Å². The summed E-state index contributed by atoms with van der Waals surface area (Å²) >= 11 is 0. The minimum absolute atomic E-state index is 0.203. The summed E-state index contributed by atoms with van der Waals surface area (Å²) in [5.74, 6) is -0.277. The van der Waals surface area contributed by atoms with Crippen molar-refractivity contribution in [3.63, 3.8) is 0 Å². The van der Waals surface area contributed by atoms with Crippen LogP contribution >= 0.6 is 0 Å². The topological polar surface area (TPSA) is 54.0 Å². The molecule has 3 fully saturated rings. The van der Waals surface area contributed by atoms with Crippen LogP contribution in [-0.2, 0) is 16.0 Å². The van der Waals surface area contributed by atoms with Gasteiger partial charge in [-0.2, -0.15) is 0 Å². The van der Waals surface area contributed by atoms with Gasteiger partial charge in [0.25, 0.3) is 0 Å². The number of aliphatic hydroxyl groups excluding tert-OH is 1. The molecule has 2 atom stereocenters. The number of aliphatic hydroxyl groups is 1. The molecule has 2 N–H and O–H groups in total. The third kappa shape index (κ3) is 4.23. The zero-order valence-electron chi connectivity index (χ0n) is 14.9. The molecule has 138 valence electrons. The van der Waals surface area contributed by atoms with Gasteiger partial charge >= 0.3 is 0 Å². The van der Waals surface area contributed by atoms with E-state index in [4.69, 9.17) is 9.47 Å². The second-order valence-electron chi connectivity index (χ2n) is 7.75. The Hall–Kier alpha value is -0.980. The number of likely N-dealkylation sites (tertiary alicyclic amines) is 1. The highest BCUT2D eigenvalue weighted by Crippen LogP contribution is 2.35. The second-order valence-corrected chi connectivity index (χ2v) is 7.75. The number of benzene rings is 1. The van der Waals surface area contributed by atoms with Crippen molar-refractivity contribution in [3.8, 4) is 0 Å². The smallest absolute Gasteiger partial charge is 0.168 e. The molecule has 1 spiro atoms. The van der Waals surface area contributed by atoms with E-state index < -0.39 is 0 Å². The van der Waals surface area contributed by atoms with Crippen LogP contribution in [0.25, 0.3) is 0 Å². The zero-order chi connectivity index (χ0) is 17.1. The first-order valence-electron chi connectivity index (χ1n) is 9.70. The molecule has 0 unspecified atom stereocenters. The van der Waals surface area contributed by atoms with Crippen molar-refractivity contribution in [2.75, 3.05) is 26.3 Å². The lowest BCUT2D eigenvalue weighted by Gasteiger charge is -2.36. The maximum atomic E-state index is 10.1. The Morgan fingerprint density at radius 3 is 2.56 bits per heavy atom. The third-order valence-electron chi connectivity index (χ3n) is 5.94. The summed E-state index contributed by atoms with van der Waals surface area (Å²) in [4.78, 5) is 2.42. The summed E-state index contributed by atoms with van der Waals surface area (Å²) in [6, 6.07) is 11.5. The fourth-order valence-corrected chi connectivity index (χ4v) is 4.53. The van der Waals surface area contributed by atoms with Gasteiger partial charge < -0.3 is 19.9 Å². The molecule has 1 saturated carbocycles. The van der Waals surface area contributed by atoms with E-state index in [9.17, 15) is 5.11 Å². The first-order valence-corrected chi connectivity index (χ1v) is 9.70. The molecule has 5 nitrogen and oxygen atoms in total. The van der Waals surface area contributed by atoms with Crippen molar-refractivity contribution in [2.24, 2.45) is 0 Å². The van der Waals surface area contributed by atoms with Gasteiger partial charge in [0.2, 0.25) is 0 Å². The molecule has 4 rings (SSSR count). The Labute approximate surface area is 150 Å². The molecule has 3 aliphatic rings. The van der Waals surface area contributed by atoms with Crippen LogP contribution < -0.4 is 5.32 Å². The van der Waals surface area contributed by atoms with E-state index in [1.54, 1.807) is 0 Å². The van der Waals surface area contributed by atoms with Gasteiger partial charge in [-0.15, -0.1) is 0 Å². The summed E-state index contributed by atoms with van der Waals surface area (Å²) in [7, 11) is 0. The number of β-amino-alcohol motifs (C(OH)–C–C–N with tert-alkyl or cyclic N) is 1. The highest BCUT2D eigenvalue weighted by molar-refractivity contribution is 5.15. The summed E-state index contributed by atoms with van der Waals surface area (Å²) in [6.45, 7) is 4.12. The largest absolute Gasteiger partial charge is 0.392 e. The van der Waals surface area contributed by atoms with E-state index in [-0.39, 0.29) is 11.9 Å². The number of nitrogens with one attached hydrogen (secondary N) is 1. The van der Waals surface area contributed by atoms with Crippen LogP contribution in [0.4, 0.5) is 0 Å². The Morgan fingerprint density at radius 1 is 1.12 bits per heavy atom. The molecule has 25 heavy (non-hydrogen) atoms. The number of ether oxygens (including phenoxy) is 2. The normalized spacial score (nSPS) is 30.3. The lowest BCUT2D eigenvalue weighted by Crippen LogP contribution is -2.46. The average molecular weight is 346 g/mol. The first-order chi connectivity index (χ1) is 12.2. The van der Waals surface area contributed by atoms with Gasteiger partial charge in [0.15, 0.2) is 5.79 Å². The Bertz CT molecular complexity index is 537. The molecular weight excluding hydrogens is 316 g/mol. The quantitative estimate of drug-likeness (QED) is 0.853. The van der Waals surface area contributed by atoms with Crippen molar-refractivity contribution in [1.82, 2.24) is 10.2 Å². The van der Waals surface area contributed by atoms with Crippen molar-refractivity contribution in [1.29, 1.82) is 0 Å². The highest BCUT2D eigenvalue weighted by Gasteiger charge is 2.40. The summed E-state index contributed by atoms with van der Waals surface area (Å²) in [5.41, 5.74) is 1.32. The zero-order valence-corrected chi connectivity index (χ0v) is 14.9. The van der Waals surface area contributed by atoms with Crippen LogP contribution in [0.5, 0.6) is 0 Å². The minimum Gasteiger partial charge on any atom is -0.392 e. The van der Waals surface area contributed by atoms with Crippen LogP contribution in [0.15, 0.2) is 30.3 Å². The molecule has 0 radical (unpaired) electrons. The average Bonchev–Trinajstić information content (AvgIpc) is 3.22. The third-order valence-corrected chi connectivity index (χ3v) is 5.94. The first kappa shape index (κ1) is 17.4. The lowest BCUT2D eigenvalue weighted by molar-refractivity contribution is -0.179. The van der Waals surface area contributed by atoms with Crippen LogP contribution in [0, 0.1) is 0 Å². The standard InChI is InChI=1S/C20H30N2O3/c23-19-12-18(22(15-19)14-16-4-2-1-3-5-16)13-21-17-6-8-20(9-7-17)24-10-11-25-20/h1-5,17-19,21,23H,6-15H2/t18-,19-/m1/s1. The van der Waals surface area contributed by atoms with Gasteiger partial charge in [0.05, 0.1) is 19.3 Å². The number of hydrogen-bond acceptors (Lipinski definition) is 5. The van der Waals surface area contributed by atoms with E-state index >= 15 is 0 Å². The molecule has 0 amide bonds. The van der Waals surface area contributed by atoms with Crippen molar-refractivity contribution >= 4 is 0 Å². The Balaban J connectivity index is 1.26. The van der Waals surface area contributed by atoms with Gasteiger partial charge in [0.1, 0.15) is 0 Å². The molecule has 2 aliphatic heterocycles. The predicted octanol–water partition coefficient (Wildman–Crippen LogP) is 1.90. The lowest BCUT2D eigenvalue weighted by atomic mass is 9.90. The van der Waals surface area contributed by atoms with Crippen molar-refractivity contribution in [2.45, 2.75) is 62.6 Å². The van der Waals surface area contributed by atoms with Gasteiger partial charge in [-0.1, -0.05) is 30.3 Å². The van der Waals surface area contributed by atoms with Crippen LogP contribution in [0.1, 0.15) is 37.7 Å². The predicted molar refractivity (Wildman–Crippen MR) is 96.2 cm³/mol. The van der Waals surface area contributed by atoms with Crippen LogP contribution in [-0.4, -0.2) is 60.3 Å². The second kappa shape index (κ2) is 7.72. The molecule has 1 aliphatic carbocycles. The van der Waals surface area contributed by atoms with Crippen molar-refractivity contribution < 1.29 is 14.6 Å². The minimum atomic E-state index is -0.277. The van der Waals surface area contributed by atoms with E-state index in [1.807, 2.05) is 0 Å². The molecular formula is C20H30N2O3.